The number of nitrogens with zero attached hydrogens (tertiary/aromatic N) is 2. The Hall–Kier alpha value is -1.42. The third-order valence-electron chi connectivity index (χ3n) is 2.84. The Morgan fingerprint density at radius 3 is 3.21 bits per heavy atom. The lowest BCUT2D eigenvalue weighted by atomic mass is 10.00. The van der Waals surface area contributed by atoms with E-state index in [1.54, 1.807) is 0 Å². The number of hydrogen-bond acceptors (Lipinski definition) is 3. The van der Waals surface area contributed by atoms with Gasteiger partial charge in [-0.2, -0.15) is 5.10 Å². The second-order valence-corrected chi connectivity index (χ2v) is 3.77. The van der Waals surface area contributed by atoms with Crippen molar-refractivity contribution in [2.75, 3.05) is 13.1 Å². The molecule has 14 heavy (non-hydrogen) atoms. The Kier molecular flexibility index (Phi) is 1.73. The fourth-order valence-corrected chi connectivity index (χ4v) is 2.02. The van der Waals surface area contributed by atoms with E-state index in [1.165, 1.54) is 12.0 Å². The van der Waals surface area contributed by atoms with Gasteiger partial charge >= 0.3 is 0 Å². The minimum atomic E-state index is 0.627. The summed E-state index contributed by atoms with van der Waals surface area (Å²) in [5.41, 5.74) is 2.20. The largest absolute Gasteiger partial charge is 0.316 e. The van der Waals surface area contributed by atoms with E-state index in [0.717, 1.165) is 24.1 Å². The summed E-state index contributed by atoms with van der Waals surface area (Å²) in [4.78, 5) is 4.34. The summed E-state index contributed by atoms with van der Waals surface area (Å²) < 4.78 is 0. The van der Waals surface area contributed by atoms with Crippen molar-refractivity contribution in [3.63, 3.8) is 0 Å². The molecule has 3 rings (SSSR count). The zero-order chi connectivity index (χ0) is 9.38. The van der Waals surface area contributed by atoms with Crippen molar-refractivity contribution in [1.29, 1.82) is 0 Å². The normalized spacial score (nSPS) is 21.9. The van der Waals surface area contributed by atoms with Gasteiger partial charge in [0.2, 0.25) is 0 Å². The molecule has 4 heteroatoms. The van der Waals surface area contributed by atoms with Crippen LogP contribution in [-0.2, 0) is 0 Å². The maximum Gasteiger partial charge on any atom is 0.155 e. The van der Waals surface area contributed by atoms with Crippen LogP contribution in [0.4, 0.5) is 0 Å². The molecule has 0 spiro atoms. The Morgan fingerprint density at radius 2 is 2.36 bits per heavy atom. The topological polar surface area (TPSA) is 53.6 Å². The van der Waals surface area contributed by atoms with Gasteiger partial charge in [0.15, 0.2) is 5.65 Å². The predicted octanol–water partition coefficient (Wildman–Crippen LogP) is 1.03. The molecule has 0 bridgehead atoms. The van der Waals surface area contributed by atoms with Gasteiger partial charge in [0, 0.05) is 18.1 Å². The van der Waals surface area contributed by atoms with E-state index in [0.29, 0.717) is 5.92 Å². The Labute approximate surface area is 81.7 Å². The SMILES string of the molecule is c1nc2[nH]ncc2cc1C1CCNC1. The fourth-order valence-electron chi connectivity index (χ4n) is 2.02. The van der Waals surface area contributed by atoms with E-state index in [4.69, 9.17) is 0 Å². The molecule has 2 aromatic rings. The minimum Gasteiger partial charge on any atom is -0.316 e. The highest BCUT2D eigenvalue weighted by molar-refractivity contribution is 5.74. The highest BCUT2D eigenvalue weighted by atomic mass is 15.1. The molecule has 2 aromatic heterocycles. The molecule has 0 aliphatic carbocycles. The highest BCUT2D eigenvalue weighted by Gasteiger charge is 2.17. The number of fused-ring (bicyclic) bond motifs is 1. The van der Waals surface area contributed by atoms with Crippen LogP contribution in [0.3, 0.4) is 0 Å². The van der Waals surface area contributed by atoms with E-state index in [9.17, 15) is 0 Å². The Balaban J connectivity index is 2.04. The molecule has 0 radical (unpaired) electrons. The van der Waals surface area contributed by atoms with E-state index < -0.39 is 0 Å². The second-order valence-electron chi connectivity index (χ2n) is 3.77. The molecule has 0 aromatic carbocycles. The average molecular weight is 188 g/mol. The van der Waals surface area contributed by atoms with Crippen molar-refractivity contribution in [1.82, 2.24) is 20.5 Å². The smallest absolute Gasteiger partial charge is 0.155 e. The molecule has 1 aliphatic rings. The number of aromatic amines is 1. The Morgan fingerprint density at radius 1 is 1.36 bits per heavy atom. The number of rotatable bonds is 1. The first-order valence-electron chi connectivity index (χ1n) is 4.93. The number of pyridine rings is 1. The van der Waals surface area contributed by atoms with Crippen LogP contribution in [0.25, 0.3) is 11.0 Å². The molecule has 4 nitrogen and oxygen atoms in total. The number of aromatic nitrogens is 3. The van der Waals surface area contributed by atoms with Crippen LogP contribution < -0.4 is 5.32 Å². The average Bonchev–Trinajstić information content (AvgIpc) is 2.88. The minimum absolute atomic E-state index is 0.627. The summed E-state index contributed by atoms with van der Waals surface area (Å²) in [6, 6.07) is 2.18. The standard InChI is InChI=1S/C10H12N4/c1-2-11-4-7(1)8-3-9-6-13-14-10(9)12-5-8/h3,5-7,11H,1-2,4H2,(H,12,13,14). The zero-order valence-corrected chi connectivity index (χ0v) is 7.83. The molecule has 72 valence electrons. The lowest BCUT2D eigenvalue weighted by Crippen LogP contribution is -2.08. The number of hydrogen-bond donors (Lipinski definition) is 2. The molecule has 0 amide bonds. The summed E-state index contributed by atoms with van der Waals surface area (Å²) in [6.07, 6.45) is 5.00. The Bertz CT molecular complexity index is 442. The summed E-state index contributed by atoms with van der Waals surface area (Å²) >= 11 is 0. The first kappa shape index (κ1) is 7.94. The van der Waals surface area contributed by atoms with Gasteiger partial charge in [-0.15, -0.1) is 0 Å². The van der Waals surface area contributed by atoms with Crippen LogP contribution in [0.1, 0.15) is 17.9 Å². The highest BCUT2D eigenvalue weighted by Crippen LogP contribution is 2.23. The maximum atomic E-state index is 4.34. The fraction of sp³-hybridized carbons (Fsp3) is 0.400. The van der Waals surface area contributed by atoms with E-state index >= 15 is 0 Å². The molecular formula is C10H12N4. The number of H-pyrrole nitrogens is 1. The van der Waals surface area contributed by atoms with Crippen molar-refractivity contribution < 1.29 is 0 Å². The monoisotopic (exact) mass is 188 g/mol. The number of nitrogens with one attached hydrogen (secondary N) is 2. The van der Waals surface area contributed by atoms with E-state index in [-0.39, 0.29) is 0 Å². The lowest BCUT2D eigenvalue weighted by molar-refractivity contribution is 0.761. The zero-order valence-electron chi connectivity index (χ0n) is 7.83. The quantitative estimate of drug-likeness (QED) is 0.703. The van der Waals surface area contributed by atoms with Crippen molar-refractivity contribution in [3.05, 3.63) is 24.0 Å². The molecule has 1 fully saturated rings. The van der Waals surface area contributed by atoms with Crippen LogP contribution in [0.15, 0.2) is 18.5 Å². The van der Waals surface area contributed by atoms with Crippen LogP contribution in [0.2, 0.25) is 0 Å². The van der Waals surface area contributed by atoms with Crippen molar-refractivity contribution in [3.8, 4) is 0 Å². The molecule has 0 saturated carbocycles. The molecular weight excluding hydrogens is 176 g/mol. The molecule has 1 atom stereocenters. The third kappa shape index (κ3) is 1.19. The molecule has 2 N–H and O–H groups in total. The van der Waals surface area contributed by atoms with Gasteiger partial charge in [-0.3, -0.25) is 5.10 Å². The van der Waals surface area contributed by atoms with Gasteiger partial charge in [0.25, 0.3) is 0 Å². The third-order valence-corrected chi connectivity index (χ3v) is 2.84. The molecule has 1 saturated heterocycles. The summed E-state index contributed by atoms with van der Waals surface area (Å²) in [6.45, 7) is 2.19. The van der Waals surface area contributed by atoms with E-state index in [1.807, 2.05) is 12.4 Å². The van der Waals surface area contributed by atoms with Crippen molar-refractivity contribution in [2.24, 2.45) is 0 Å². The van der Waals surface area contributed by atoms with Gasteiger partial charge in [-0.25, -0.2) is 4.98 Å². The van der Waals surface area contributed by atoms with Crippen LogP contribution in [0.5, 0.6) is 0 Å². The van der Waals surface area contributed by atoms with Crippen molar-refractivity contribution in [2.45, 2.75) is 12.3 Å². The molecule has 3 heterocycles. The molecule has 1 unspecified atom stereocenters. The van der Waals surface area contributed by atoms with Crippen molar-refractivity contribution >= 4 is 11.0 Å². The second kappa shape index (κ2) is 3.06. The lowest BCUT2D eigenvalue weighted by Gasteiger charge is -2.07. The van der Waals surface area contributed by atoms with Crippen LogP contribution in [-0.4, -0.2) is 28.3 Å². The van der Waals surface area contributed by atoms with Gasteiger partial charge < -0.3 is 5.32 Å². The summed E-state index contributed by atoms with van der Waals surface area (Å²) in [7, 11) is 0. The first-order chi connectivity index (χ1) is 6.93. The maximum absolute atomic E-state index is 4.34. The van der Waals surface area contributed by atoms with Crippen LogP contribution >= 0.6 is 0 Å². The van der Waals surface area contributed by atoms with Crippen LogP contribution in [0, 0.1) is 0 Å². The van der Waals surface area contributed by atoms with Gasteiger partial charge in [0.05, 0.1) is 6.20 Å². The van der Waals surface area contributed by atoms with Gasteiger partial charge in [0.1, 0.15) is 0 Å². The summed E-state index contributed by atoms with van der Waals surface area (Å²) in [5, 5.41) is 11.3. The van der Waals surface area contributed by atoms with Gasteiger partial charge in [-0.1, -0.05) is 0 Å². The first-order valence-corrected chi connectivity index (χ1v) is 4.93. The van der Waals surface area contributed by atoms with Gasteiger partial charge in [-0.05, 0) is 30.5 Å². The predicted molar refractivity (Wildman–Crippen MR) is 54.1 cm³/mol. The molecule has 1 aliphatic heterocycles. The summed E-state index contributed by atoms with van der Waals surface area (Å²) in [5.74, 6) is 0.627. The van der Waals surface area contributed by atoms with E-state index in [2.05, 4.69) is 26.6 Å².